The van der Waals surface area contributed by atoms with Crippen LogP contribution in [-0.4, -0.2) is 31.2 Å². The number of hydrogen-bond acceptors (Lipinski definition) is 8. The molecule has 126 valence electrons. The molecule has 0 aliphatic carbocycles. The molecule has 0 bridgehead atoms. The summed E-state index contributed by atoms with van der Waals surface area (Å²) < 4.78 is 17.7. The van der Waals surface area contributed by atoms with Crippen molar-refractivity contribution in [2.45, 2.75) is 16.4 Å². The average molecular weight is 371 g/mol. The topological polar surface area (TPSA) is 78.9 Å². The van der Waals surface area contributed by atoms with Gasteiger partial charge in [0.05, 0.1) is 19.1 Å². The van der Waals surface area contributed by atoms with Crippen LogP contribution in [0.2, 0.25) is 0 Å². The maximum absolute atomic E-state index is 5.51. The second-order valence-electron chi connectivity index (χ2n) is 5.03. The molecule has 3 aromatic heterocycles. The van der Waals surface area contributed by atoms with E-state index >= 15 is 0 Å². The number of hydrogen-bond donors (Lipinski definition) is 0. The van der Waals surface area contributed by atoms with Crippen molar-refractivity contribution in [1.29, 1.82) is 0 Å². The Morgan fingerprint density at radius 1 is 1.16 bits per heavy atom. The summed E-state index contributed by atoms with van der Waals surface area (Å²) in [4.78, 5) is 4.39. The molecule has 0 atom stereocenters. The molecule has 4 rings (SSSR count). The highest BCUT2D eigenvalue weighted by Gasteiger charge is 2.19. The van der Waals surface area contributed by atoms with Crippen LogP contribution in [0.15, 0.2) is 56.6 Å². The van der Waals surface area contributed by atoms with E-state index in [1.54, 1.807) is 13.4 Å². The molecular weight excluding hydrogens is 358 g/mol. The van der Waals surface area contributed by atoms with Crippen LogP contribution in [0.25, 0.3) is 17.3 Å². The van der Waals surface area contributed by atoms with Crippen LogP contribution in [0.5, 0.6) is 5.75 Å². The van der Waals surface area contributed by atoms with E-state index in [0.717, 1.165) is 21.6 Å². The molecule has 0 saturated carbocycles. The molecule has 0 aliphatic heterocycles. The SMILES string of the molecule is COc1ccc(-n2c(Sc3nc(C)ns3)nnc2-c2ccco2)cc1. The molecule has 4 aromatic rings. The van der Waals surface area contributed by atoms with Crippen molar-refractivity contribution in [2.24, 2.45) is 0 Å². The Hall–Kier alpha value is -2.65. The first-order valence-electron chi connectivity index (χ1n) is 7.36. The zero-order chi connectivity index (χ0) is 17.2. The van der Waals surface area contributed by atoms with Crippen molar-refractivity contribution in [3.8, 4) is 23.0 Å². The van der Waals surface area contributed by atoms with E-state index in [-0.39, 0.29) is 0 Å². The summed E-state index contributed by atoms with van der Waals surface area (Å²) in [6.45, 7) is 1.86. The van der Waals surface area contributed by atoms with Crippen LogP contribution in [0.3, 0.4) is 0 Å². The Labute approximate surface area is 151 Å². The molecule has 0 N–H and O–H groups in total. The second kappa shape index (κ2) is 6.69. The van der Waals surface area contributed by atoms with E-state index in [4.69, 9.17) is 9.15 Å². The predicted octanol–water partition coefficient (Wildman–Crippen LogP) is 3.85. The number of aryl methyl sites for hydroxylation is 1. The van der Waals surface area contributed by atoms with Crippen molar-refractivity contribution in [3.05, 3.63) is 48.5 Å². The van der Waals surface area contributed by atoms with Crippen LogP contribution in [0, 0.1) is 6.92 Å². The van der Waals surface area contributed by atoms with Crippen LogP contribution >= 0.6 is 23.3 Å². The number of nitrogens with zero attached hydrogens (tertiary/aromatic N) is 5. The molecule has 0 amide bonds. The number of aromatic nitrogens is 5. The molecule has 0 unspecified atom stereocenters. The van der Waals surface area contributed by atoms with Crippen molar-refractivity contribution in [3.63, 3.8) is 0 Å². The Bertz CT molecular complexity index is 977. The third kappa shape index (κ3) is 3.15. The molecule has 1 aromatic carbocycles. The summed E-state index contributed by atoms with van der Waals surface area (Å²) in [5.74, 6) is 2.79. The first-order valence-corrected chi connectivity index (χ1v) is 8.95. The van der Waals surface area contributed by atoms with Gasteiger partial charge in [-0.15, -0.1) is 10.2 Å². The minimum atomic E-state index is 0.624. The van der Waals surface area contributed by atoms with Crippen LogP contribution in [-0.2, 0) is 0 Å². The largest absolute Gasteiger partial charge is 0.497 e. The Balaban J connectivity index is 1.81. The molecule has 0 saturated heterocycles. The third-order valence-corrected chi connectivity index (χ3v) is 5.18. The molecule has 25 heavy (non-hydrogen) atoms. The summed E-state index contributed by atoms with van der Waals surface area (Å²) >= 11 is 2.76. The maximum Gasteiger partial charge on any atom is 0.205 e. The number of methoxy groups -OCH3 is 1. The standard InChI is InChI=1S/C16H13N5O2S2/c1-10-17-16(25-20-10)24-15-19-18-14(13-4-3-9-23-13)21(15)11-5-7-12(22-2)8-6-11/h3-9H,1-2H3. The average Bonchev–Trinajstić information content (AvgIpc) is 3.36. The van der Waals surface area contributed by atoms with Gasteiger partial charge in [-0.1, -0.05) is 0 Å². The van der Waals surface area contributed by atoms with Gasteiger partial charge in [0.2, 0.25) is 11.0 Å². The van der Waals surface area contributed by atoms with Crippen molar-refractivity contribution < 1.29 is 9.15 Å². The van der Waals surface area contributed by atoms with Gasteiger partial charge in [-0.25, -0.2) is 4.98 Å². The van der Waals surface area contributed by atoms with Crippen molar-refractivity contribution >= 4 is 23.3 Å². The minimum absolute atomic E-state index is 0.624. The molecule has 7 nitrogen and oxygen atoms in total. The highest BCUT2D eigenvalue weighted by molar-refractivity contribution is 8.00. The van der Waals surface area contributed by atoms with E-state index in [9.17, 15) is 0 Å². The highest BCUT2D eigenvalue weighted by atomic mass is 32.2. The molecule has 9 heteroatoms. The lowest BCUT2D eigenvalue weighted by Crippen LogP contribution is -1.99. The highest BCUT2D eigenvalue weighted by Crippen LogP contribution is 2.33. The van der Waals surface area contributed by atoms with Gasteiger partial charge in [-0.2, -0.15) is 4.37 Å². The van der Waals surface area contributed by atoms with Gasteiger partial charge in [-0.3, -0.25) is 4.57 Å². The molecule has 3 heterocycles. The third-order valence-electron chi connectivity index (χ3n) is 3.39. The van der Waals surface area contributed by atoms with Gasteiger partial charge in [0.15, 0.2) is 10.1 Å². The van der Waals surface area contributed by atoms with E-state index in [2.05, 4.69) is 19.6 Å². The Morgan fingerprint density at radius 2 is 2.00 bits per heavy atom. The lowest BCUT2D eigenvalue weighted by Gasteiger charge is -2.09. The fraction of sp³-hybridized carbons (Fsp3) is 0.125. The summed E-state index contributed by atoms with van der Waals surface area (Å²) in [6.07, 6.45) is 1.61. The lowest BCUT2D eigenvalue weighted by atomic mass is 10.3. The molecule has 0 aliphatic rings. The first kappa shape index (κ1) is 15.9. The second-order valence-corrected chi connectivity index (χ2v) is 6.99. The number of benzene rings is 1. The van der Waals surface area contributed by atoms with Crippen LogP contribution < -0.4 is 4.74 Å². The zero-order valence-corrected chi connectivity index (χ0v) is 15.0. The Kier molecular flexibility index (Phi) is 4.24. The first-order chi connectivity index (χ1) is 12.2. The summed E-state index contributed by atoms with van der Waals surface area (Å²) in [7, 11) is 1.64. The lowest BCUT2D eigenvalue weighted by molar-refractivity contribution is 0.414. The van der Waals surface area contributed by atoms with Gasteiger partial charge in [0, 0.05) is 0 Å². The van der Waals surface area contributed by atoms with E-state index in [1.165, 1.54) is 23.3 Å². The van der Waals surface area contributed by atoms with E-state index in [1.807, 2.05) is 47.9 Å². The van der Waals surface area contributed by atoms with Crippen molar-refractivity contribution in [1.82, 2.24) is 24.1 Å². The summed E-state index contributed by atoms with van der Waals surface area (Å²) in [5, 5.41) is 9.31. The van der Waals surface area contributed by atoms with Crippen LogP contribution in [0.4, 0.5) is 0 Å². The predicted molar refractivity (Wildman–Crippen MR) is 94.4 cm³/mol. The van der Waals surface area contributed by atoms with Gasteiger partial charge in [0.1, 0.15) is 11.6 Å². The zero-order valence-electron chi connectivity index (χ0n) is 13.4. The van der Waals surface area contributed by atoms with Crippen LogP contribution in [0.1, 0.15) is 5.82 Å². The fourth-order valence-electron chi connectivity index (χ4n) is 2.26. The van der Waals surface area contributed by atoms with Gasteiger partial charge in [-0.05, 0) is 66.6 Å². The smallest absolute Gasteiger partial charge is 0.205 e. The van der Waals surface area contributed by atoms with Gasteiger partial charge in [0.25, 0.3) is 0 Å². The quantitative estimate of drug-likeness (QED) is 0.527. The van der Waals surface area contributed by atoms with Gasteiger partial charge < -0.3 is 9.15 Å². The normalized spacial score (nSPS) is 11.0. The number of rotatable bonds is 5. The summed E-state index contributed by atoms with van der Waals surface area (Å²) in [5.41, 5.74) is 0.904. The van der Waals surface area contributed by atoms with Gasteiger partial charge >= 0.3 is 0 Å². The van der Waals surface area contributed by atoms with Crippen molar-refractivity contribution in [2.75, 3.05) is 7.11 Å². The van der Waals surface area contributed by atoms with E-state index in [0.29, 0.717) is 16.7 Å². The summed E-state index contributed by atoms with van der Waals surface area (Å²) in [6, 6.07) is 11.4. The fourth-order valence-corrected chi connectivity index (χ4v) is 3.87. The molecule has 0 fully saturated rings. The minimum Gasteiger partial charge on any atom is -0.497 e. The number of ether oxygens (including phenoxy) is 1. The number of furan rings is 1. The Morgan fingerprint density at radius 3 is 2.64 bits per heavy atom. The molecular formula is C16H13N5O2S2. The maximum atomic E-state index is 5.51. The van der Waals surface area contributed by atoms with E-state index < -0.39 is 0 Å². The monoisotopic (exact) mass is 371 g/mol. The molecule has 0 spiro atoms. The molecule has 0 radical (unpaired) electrons.